The lowest BCUT2D eigenvalue weighted by molar-refractivity contribution is -0.145. The summed E-state index contributed by atoms with van der Waals surface area (Å²) in [5, 5.41) is 5.50. The Kier molecular flexibility index (Phi) is 6.33. The van der Waals surface area contributed by atoms with E-state index in [9.17, 15) is 9.59 Å². The smallest absolute Gasteiger partial charge is 0.328 e. The Hall–Kier alpha value is -2.99. The van der Waals surface area contributed by atoms with Gasteiger partial charge in [0, 0.05) is 17.4 Å². The number of nitrogens with one attached hydrogen (secondary N) is 1. The minimum absolute atomic E-state index is 0.117. The number of carbonyl (C=O) groups is 2. The van der Waals surface area contributed by atoms with Gasteiger partial charge in [0.1, 0.15) is 11.0 Å². The highest BCUT2D eigenvalue weighted by atomic mass is 32.1. The molecule has 138 valence electrons. The Morgan fingerprint density at radius 3 is 2.41 bits per heavy atom. The number of rotatable bonds is 7. The van der Waals surface area contributed by atoms with Crippen LogP contribution in [-0.2, 0) is 27.2 Å². The molecule has 0 fully saturated rings. The molecular formula is C21H20N2O3S. The van der Waals surface area contributed by atoms with E-state index in [1.165, 1.54) is 18.4 Å². The fraction of sp³-hybridized carbons (Fsp3) is 0.190. The van der Waals surface area contributed by atoms with Gasteiger partial charge in [0.15, 0.2) is 0 Å². The lowest BCUT2D eigenvalue weighted by atomic mass is 10.1. The van der Waals surface area contributed by atoms with Crippen LogP contribution in [0.15, 0.2) is 66.0 Å². The van der Waals surface area contributed by atoms with Crippen LogP contribution in [0.25, 0.3) is 10.6 Å². The van der Waals surface area contributed by atoms with Crippen LogP contribution in [-0.4, -0.2) is 30.0 Å². The van der Waals surface area contributed by atoms with Crippen molar-refractivity contribution < 1.29 is 14.3 Å². The average Bonchev–Trinajstić information content (AvgIpc) is 3.16. The summed E-state index contributed by atoms with van der Waals surface area (Å²) in [6.07, 6.45) is 0.497. The minimum Gasteiger partial charge on any atom is -0.467 e. The lowest BCUT2D eigenvalue weighted by Crippen LogP contribution is -2.43. The van der Waals surface area contributed by atoms with Crippen LogP contribution in [0.4, 0.5) is 0 Å². The predicted octanol–water partition coefficient (Wildman–Crippen LogP) is 3.25. The van der Waals surface area contributed by atoms with Gasteiger partial charge in [0.05, 0.1) is 19.2 Å². The summed E-state index contributed by atoms with van der Waals surface area (Å²) in [4.78, 5) is 29.0. The van der Waals surface area contributed by atoms with E-state index in [0.717, 1.165) is 16.1 Å². The molecule has 2 aromatic carbocycles. The summed E-state index contributed by atoms with van der Waals surface area (Å²) in [5.41, 5.74) is 2.65. The summed E-state index contributed by atoms with van der Waals surface area (Å²) < 4.78 is 4.83. The zero-order valence-electron chi connectivity index (χ0n) is 14.9. The van der Waals surface area contributed by atoms with Gasteiger partial charge in [0.2, 0.25) is 5.91 Å². The van der Waals surface area contributed by atoms with Crippen molar-refractivity contribution in [2.24, 2.45) is 0 Å². The van der Waals surface area contributed by atoms with E-state index in [-0.39, 0.29) is 12.3 Å². The highest BCUT2D eigenvalue weighted by Gasteiger charge is 2.22. The molecule has 5 nitrogen and oxygen atoms in total. The molecule has 0 aliphatic rings. The SMILES string of the molecule is COC(=O)[C@H](Cc1ccccc1)NC(=O)Cc1csc(-c2ccccc2)n1. The van der Waals surface area contributed by atoms with Crippen molar-refractivity contribution in [1.82, 2.24) is 10.3 Å². The highest BCUT2D eigenvalue weighted by molar-refractivity contribution is 7.13. The lowest BCUT2D eigenvalue weighted by Gasteiger charge is -2.16. The third-order valence-corrected chi connectivity index (χ3v) is 4.96. The van der Waals surface area contributed by atoms with Crippen LogP contribution >= 0.6 is 11.3 Å². The van der Waals surface area contributed by atoms with E-state index in [2.05, 4.69) is 10.3 Å². The molecule has 1 amide bonds. The van der Waals surface area contributed by atoms with E-state index in [4.69, 9.17) is 4.74 Å². The monoisotopic (exact) mass is 380 g/mol. The molecule has 27 heavy (non-hydrogen) atoms. The molecule has 0 radical (unpaired) electrons. The zero-order valence-corrected chi connectivity index (χ0v) is 15.7. The Morgan fingerprint density at radius 1 is 1.07 bits per heavy atom. The second-order valence-electron chi connectivity index (χ2n) is 6.02. The van der Waals surface area contributed by atoms with Gasteiger partial charge in [-0.15, -0.1) is 11.3 Å². The number of nitrogens with zero attached hydrogens (tertiary/aromatic N) is 1. The number of thiazole rings is 1. The molecule has 1 atom stereocenters. The van der Waals surface area contributed by atoms with Crippen LogP contribution in [0.1, 0.15) is 11.3 Å². The Balaban J connectivity index is 1.64. The van der Waals surface area contributed by atoms with Gasteiger partial charge in [-0.3, -0.25) is 4.79 Å². The van der Waals surface area contributed by atoms with Crippen molar-refractivity contribution in [3.05, 3.63) is 77.3 Å². The van der Waals surface area contributed by atoms with Gasteiger partial charge in [0.25, 0.3) is 0 Å². The molecule has 0 aliphatic heterocycles. The van der Waals surface area contributed by atoms with Gasteiger partial charge in [-0.2, -0.15) is 0 Å². The van der Waals surface area contributed by atoms with Crippen molar-refractivity contribution in [2.45, 2.75) is 18.9 Å². The van der Waals surface area contributed by atoms with Gasteiger partial charge in [-0.05, 0) is 5.56 Å². The molecule has 0 saturated carbocycles. The molecule has 1 aromatic heterocycles. The second kappa shape index (κ2) is 9.09. The Labute approximate surface area is 162 Å². The highest BCUT2D eigenvalue weighted by Crippen LogP contribution is 2.23. The molecule has 0 saturated heterocycles. The maximum atomic E-state index is 12.4. The Bertz CT molecular complexity index is 894. The number of hydrogen-bond donors (Lipinski definition) is 1. The number of amides is 1. The number of hydrogen-bond acceptors (Lipinski definition) is 5. The molecule has 0 unspecified atom stereocenters. The minimum atomic E-state index is -0.725. The van der Waals surface area contributed by atoms with Crippen molar-refractivity contribution in [3.63, 3.8) is 0 Å². The predicted molar refractivity (Wildman–Crippen MR) is 105 cm³/mol. The largest absolute Gasteiger partial charge is 0.467 e. The first-order valence-electron chi connectivity index (χ1n) is 8.56. The maximum absolute atomic E-state index is 12.4. The molecule has 1 heterocycles. The number of esters is 1. The summed E-state index contributed by atoms with van der Waals surface area (Å²) in [5.74, 6) is -0.721. The van der Waals surface area contributed by atoms with E-state index in [1.807, 2.05) is 66.0 Å². The van der Waals surface area contributed by atoms with Crippen LogP contribution < -0.4 is 5.32 Å². The van der Waals surface area contributed by atoms with Gasteiger partial charge in [-0.25, -0.2) is 9.78 Å². The fourth-order valence-electron chi connectivity index (χ4n) is 2.70. The number of benzene rings is 2. The molecule has 1 N–H and O–H groups in total. The van der Waals surface area contributed by atoms with E-state index in [1.54, 1.807) is 0 Å². The summed E-state index contributed by atoms with van der Waals surface area (Å²) >= 11 is 1.49. The molecule has 0 bridgehead atoms. The Morgan fingerprint density at radius 2 is 1.74 bits per heavy atom. The third kappa shape index (κ3) is 5.24. The standard InChI is InChI=1S/C21H20N2O3S/c1-26-21(25)18(12-15-8-4-2-5-9-15)23-19(24)13-17-14-27-20(22-17)16-10-6-3-7-11-16/h2-11,14,18H,12-13H2,1H3,(H,23,24)/t18-/m0/s1. The first-order valence-corrected chi connectivity index (χ1v) is 9.44. The molecule has 3 rings (SSSR count). The summed E-state index contributed by atoms with van der Waals surface area (Å²) in [6.45, 7) is 0. The van der Waals surface area contributed by atoms with E-state index in [0.29, 0.717) is 12.1 Å². The van der Waals surface area contributed by atoms with Gasteiger partial charge >= 0.3 is 5.97 Å². The number of ether oxygens (including phenoxy) is 1. The van der Waals surface area contributed by atoms with Crippen molar-refractivity contribution in [2.75, 3.05) is 7.11 Å². The first-order chi connectivity index (χ1) is 13.2. The van der Waals surface area contributed by atoms with Crippen LogP contribution in [0.2, 0.25) is 0 Å². The number of aromatic nitrogens is 1. The fourth-order valence-corrected chi connectivity index (χ4v) is 3.52. The topological polar surface area (TPSA) is 68.3 Å². The first kappa shape index (κ1) is 18.8. The van der Waals surface area contributed by atoms with E-state index >= 15 is 0 Å². The van der Waals surface area contributed by atoms with Gasteiger partial charge in [-0.1, -0.05) is 60.7 Å². The van der Waals surface area contributed by atoms with Gasteiger partial charge < -0.3 is 10.1 Å². The van der Waals surface area contributed by atoms with E-state index < -0.39 is 12.0 Å². The molecule has 3 aromatic rings. The van der Waals surface area contributed by atoms with Crippen molar-refractivity contribution in [1.29, 1.82) is 0 Å². The van der Waals surface area contributed by atoms with Crippen LogP contribution in [0.3, 0.4) is 0 Å². The maximum Gasteiger partial charge on any atom is 0.328 e. The summed E-state index contributed by atoms with van der Waals surface area (Å²) in [6, 6.07) is 18.6. The third-order valence-electron chi connectivity index (χ3n) is 4.02. The van der Waals surface area contributed by atoms with Crippen molar-refractivity contribution in [3.8, 4) is 10.6 Å². The molecule has 6 heteroatoms. The normalized spacial score (nSPS) is 11.6. The molecule has 0 aliphatic carbocycles. The average molecular weight is 380 g/mol. The molecular weight excluding hydrogens is 360 g/mol. The van der Waals surface area contributed by atoms with Crippen molar-refractivity contribution >= 4 is 23.2 Å². The number of carbonyl (C=O) groups excluding carboxylic acids is 2. The molecule has 0 spiro atoms. The quantitative estimate of drug-likeness (QED) is 0.639. The van der Waals surface area contributed by atoms with Crippen LogP contribution in [0.5, 0.6) is 0 Å². The second-order valence-corrected chi connectivity index (χ2v) is 6.88. The zero-order chi connectivity index (χ0) is 19.1. The van der Waals surface area contributed by atoms with Crippen LogP contribution in [0, 0.1) is 0 Å². The summed E-state index contributed by atoms with van der Waals surface area (Å²) in [7, 11) is 1.32. The number of methoxy groups -OCH3 is 1.